The second-order valence-electron chi connectivity index (χ2n) is 14.0. The van der Waals surface area contributed by atoms with Crippen molar-refractivity contribution >= 4 is 43.7 Å². The molecule has 8 aromatic carbocycles. The zero-order chi connectivity index (χ0) is 37.0. The Bertz CT molecular complexity index is 3240. The molecule has 0 aliphatic heterocycles. The molecule has 0 spiro atoms. The lowest BCUT2D eigenvalue weighted by Crippen LogP contribution is -2.01. The van der Waals surface area contributed by atoms with E-state index in [-0.39, 0.29) is 0 Å². The molecule has 0 unspecified atom stereocenters. The second kappa shape index (κ2) is 13.0. The van der Waals surface area contributed by atoms with E-state index in [4.69, 9.17) is 19.4 Å². The summed E-state index contributed by atoms with van der Waals surface area (Å²) in [4.78, 5) is 15.3. The number of furan rings is 1. The number of hydrogen-bond acceptors (Lipinski definition) is 4. The van der Waals surface area contributed by atoms with Gasteiger partial charge in [-0.1, -0.05) is 152 Å². The number of benzene rings is 8. The molecule has 0 aliphatic rings. The van der Waals surface area contributed by atoms with E-state index < -0.39 is 0 Å². The van der Waals surface area contributed by atoms with Crippen LogP contribution in [0.25, 0.3) is 106 Å². The van der Waals surface area contributed by atoms with Crippen LogP contribution in [0.4, 0.5) is 0 Å². The third kappa shape index (κ3) is 5.29. The Morgan fingerprint density at radius 2 is 0.875 bits per heavy atom. The van der Waals surface area contributed by atoms with Gasteiger partial charge in [-0.3, -0.25) is 0 Å². The maximum atomic E-state index is 6.50. The van der Waals surface area contributed by atoms with Crippen LogP contribution in [-0.4, -0.2) is 19.5 Å². The number of rotatable bonds is 6. The summed E-state index contributed by atoms with van der Waals surface area (Å²) in [6.07, 6.45) is 0. The minimum absolute atomic E-state index is 0.578. The summed E-state index contributed by atoms with van der Waals surface area (Å²) in [6, 6.07) is 67.4. The first-order chi connectivity index (χ1) is 27.8. The second-order valence-corrected chi connectivity index (χ2v) is 14.0. The van der Waals surface area contributed by atoms with Crippen molar-refractivity contribution in [1.29, 1.82) is 0 Å². The van der Waals surface area contributed by atoms with Gasteiger partial charge in [0.15, 0.2) is 17.5 Å². The summed E-state index contributed by atoms with van der Waals surface area (Å²) in [5.41, 5.74) is 12.3. The fraction of sp³-hybridized carbons (Fsp3) is 0. The maximum absolute atomic E-state index is 6.50. The zero-order valence-corrected chi connectivity index (χ0v) is 30.2. The largest absolute Gasteiger partial charge is 0.456 e. The van der Waals surface area contributed by atoms with Crippen LogP contribution in [0.15, 0.2) is 199 Å². The smallest absolute Gasteiger partial charge is 0.164 e. The summed E-state index contributed by atoms with van der Waals surface area (Å²) >= 11 is 0. The Hall–Kier alpha value is -7.63. The average Bonchev–Trinajstić information content (AvgIpc) is 3.83. The van der Waals surface area contributed by atoms with Gasteiger partial charge in [0.2, 0.25) is 0 Å². The Morgan fingerprint density at radius 1 is 0.339 bits per heavy atom. The lowest BCUT2D eigenvalue weighted by atomic mass is 9.99. The fourth-order valence-electron chi connectivity index (χ4n) is 8.11. The number of fused-ring (bicyclic) bond motifs is 6. The number of para-hydroxylation sites is 1. The maximum Gasteiger partial charge on any atom is 0.164 e. The molecule has 0 amide bonds. The first-order valence-electron chi connectivity index (χ1n) is 18.8. The van der Waals surface area contributed by atoms with E-state index in [0.717, 1.165) is 66.5 Å². The van der Waals surface area contributed by atoms with Crippen LogP contribution in [0, 0.1) is 0 Å². The van der Waals surface area contributed by atoms with E-state index in [0.29, 0.717) is 17.5 Å². The molecule has 0 radical (unpaired) electrons. The Morgan fingerprint density at radius 3 is 1.59 bits per heavy atom. The quantitative estimate of drug-likeness (QED) is 0.172. The van der Waals surface area contributed by atoms with Crippen LogP contribution in [0.2, 0.25) is 0 Å². The van der Waals surface area contributed by atoms with Gasteiger partial charge in [-0.05, 0) is 64.7 Å². The molecule has 262 valence electrons. The zero-order valence-electron chi connectivity index (χ0n) is 30.2. The molecule has 11 rings (SSSR count). The molecule has 5 nitrogen and oxygen atoms in total. The highest BCUT2D eigenvalue weighted by molar-refractivity contribution is 6.16. The van der Waals surface area contributed by atoms with E-state index in [1.807, 2.05) is 48.5 Å². The van der Waals surface area contributed by atoms with Gasteiger partial charge in [0.1, 0.15) is 11.2 Å². The summed E-state index contributed by atoms with van der Waals surface area (Å²) < 4.78 is 8.84. The van der Waals surface area contributed by atoms with Crippen LogP contribution < -0.4 is 0 Å². The molecule has 56 heavy (non-hydrogen) atoms. The predicted molar refractivity (Wildman–Crippen MR) is 229 cm³/mol. The molecule has 0 N–H and O–H groups in total. The standard InChI is InChI=1S/C51H32N4O/c1-4-15-33(16-5-1)39-24-13-27-44-47(39)41-23-10-11-26-43(41)55(44)38-22-12-21-36(31-38)50-52-49(35-19-8-3-9-20-35)53-51(54-50)37-29-30-42-46(32-37)56-45-28-14-25-40(48(42)45)34-17-6-2-7-18-34/h1-32H. The van der Waals surface area contributed by atoms with Crippen molar-refractivity contribution in [3.63, 3.8) is 0 Å². The molecule has 11 aromatic rings. The molecule has 0 saturated heterocycles. The van der Waals surface area contributed by atoms with Crippen LogP contribution in [-0.2, 0) is 0 Å². The van der Waals surface area contributed by atoms with Crippen LogP contribution >= 0.6 is 0 Å². The third-order valence-corrected chi connectivity index (χ3v) is 10.7. The van der Waals surface area contributed by atoms with Crippen molar-refractivity contribution in [3.05, 3.63) is 194 Å². The van der Waals surface area contributed by atoms with Gasteiger partial charge in [0, 0.05) is 43.9 Å². The highest BCUT2D eigenvalue weighted by atomic mass is 16.3. The molecule has 0 aliphatic carbocycles. The molecule has 0 bridgehead atoms. The van der Waals surface area contributed by atoms with Crippen molar-refractivity contribution in [3.8, 4) is 62.1 Å². The lowest BCUT2D eigenvalue weighted by molar-refractivity contribution is 0.669. The first-order valence-corrected chi connectivity index (χ1v) is 18.8. The molecule has 3 heterocycles. The van der Waals surface area contributed by atoms with Gasteiger partial charge in [-0.2, -0.15) is 0 Å². The minimum atomic E-state index is 0.578. The normalized spacial score (nSPS) is 11.6. The lowest BCUT2D eigenvalue weighted by Gasteiger charge is -2.12. The highest BCUT2D eigenvalue weighted by Crippen LogP contribution is 2.40. The molecule has 0 fully saturated rings. The predicted octanol–water partition coefficient (Wildman–Crippen LogP) is 13.2. The van der Waals surface area contributed by atoms with E-state index in [9.17, 15) is 0 Å². The molecule has 0 saturated carbocycles. The van der Waals surface area contributed by atoms with Crippen LogP contribution in [0.5, 0.6) is 0 Å². The average molecular weight is 717 g/mol. The third-order valence-electron chi connectivity index (χ3n) is 10.7. The Kier molecular flexibility index (Phi) is 7.42. The number of aromatic nitrogens is 4. The summed E-state index contributed by atoms with van der Waals surface area (Å²) in [7, 11) is 0. The van der Waals surface area contributed by atoms with Crippen molar-refractivity contribution in [2.24, 2.45) is 0 Å². The van der Waals surface area contributed by atoms with E-state index in [2.05, 4.69) is 150 Å². The number of nitrogens with zero attached hydrogens (tertiary/aromatic N) is 4. The van der Waals surface area contributed by atoms with Crippen LogP contribution in [0.1, 0.15) is 0 Å². The van der Waals surface area contributed by atoms with Gasteiger partial charge in [-0.25, -0.2) is 15.0 Å². The fourth-order valence-corrected chi connectivity index (χ4v) is 8.11. The molecular formula is C51H32N4O. The van der Waals surface area contributed by atoms with Crippen molar-refractivity contribution in [2.75, 3.05) is 0 Å². The van der Waals surface area contributed by atoms with Gasteiger partial charge >= 0.3 is 0 Å². The van der Waals surface area contributed by atoms with Gasteiger partial charge in [0.25, 0.3) is 0 Å². The van der Waals surface area contributed by atoms with E-state index in [1.54, 1.807) is 0 Å². The Balaban J connectivity index is 1.07. The number of hydrogen-bond donors (Lipinski definition) is 0. The highest BCUT2D eigenvalue weighted by Gasteiger charge is 2.19. The SMILES string of the molecule is c1ccc(-c2nc(-c3cccc(-n4c5ccccc5c5c(-c6ccccc6)cccc54)c3)nc(-c3ccc4c(c3)oc3cccc(-c5ccccc5)c34)n2)cc1. The van der Waals surface area contributed by atoms with Crippen molar-refractivity contribution in [2.45, 2.75) is 0 Å². The van der Waals surface area contributed by atoms with Crippen LogP contribution in [0.3, 0.4) is 0 Å². The van der Waals surface area contributed by atoms with Gasteiger partial charge in [-0.15, -0.1) is 0 Å². The van der Waals surface area contributed by atoms with Gasteiger partial charge in [0.05, 0.1) is 11.0 Å². The minimum Gasteiger partial charge on any atom is -0.456 e. The van der Waals surface area contributed by atoms with E-state index >= 15 is 0 Å². The summed E-state index contributed by atoms with van der Waals surface area (Å²) in [5.74, 6) is 1.78. The Labute approximate surface area is 322 Å². The van der Waals surface area contributed by atoms with Crippen molar-refractivity contribution < 1.29 is 4.42 Å². The topological polar surface area (TPSA) is 56.7 Å². The molecule has 3 aromatic heterocycles. The molecule has 5 heteroatoms. The van der Waals surface area contributed by atoms with Gasteiger partial charge < -0.3 is 8.98 Å². The van der Waals surface area contributed by atoms with Crippen molar-refractivity contribution in [1.82, 2.24) is 19.5 Å². The summed E-state index contributed by atoms with van der Waals surface area (Å²) in [6.45, 7) is 0. The molecular weight excluding hydrogens is 685 g/mol. The first kappa shape index (κ1) is 31.9. The molecule has 0 atom stereocenters. The summed E-state index contributed by atoms with van der Waals surface area (Å²) in [5, 5.41) is 4.58. The monoisotopic (exact) mass is 716 g/mol. The van der Waals surface area contributed by atoms with E-state index in [1.165, 1.54) is 21.9 Å².